The van der Waals surface area contributed by atoms with Crippen LogP contribution in [-0.4, -0.2) is 47.3 Å². The summed E-state index contributed by atoms with van der Waals surface area (Å²) in [4.78, 5) is 19.8. The Balaban J connectivity index is 1.29. The fourth-order valence-corrected chi connectivity index (χ4v) is 4.01. The fourth-order valence-electron chi connectivity index (χ4n) is 3.11. The highest BCUT2D eigenvalue weighted by Crippen LogP contribution is 2.29. The van der Waals surface area contributed by atoms with Gasteiger partial charge in [0.15, 0.2) is 5.82 Å². The molecule has 1 unspecified atom stereocenters. The van der Waals surface area contributed by atoms with E-state index in [-0.39, 0.29) is 11.8 Å². The fraction of sp³-hybridized carbons (Fsp3) is 0.611. The summed E-state index contributed by atoms with van der Waals surface area (Å²) in [6.45, 7) is 4.86. The number of aromatic nitrogens is 2. The smallest absolute Gasteiger partial charge is 0.264 e. The number of rotatable bonds is 7. The summed E-state index contributed by atoms with van der Waals surface area (Å²) in [6.07, 6.45) is 4.15. The molecule has 1 saturated carbocycles. The van der Waals surface area contributed by atoms with Gasteiger partial charge in [0.25, 0.3) is 5.91 Å². The average Bonchev–Trinajstić information content (AvgIpc) is 3.03. The first-order valence-corrected chi connectivity index (χ1v) is 9.82. The van der Waals surface area contributed by atoms with Crippen LogP contribution in [0.5, 0.6) is 0 Å². The maximum Gasteiger partial charge on any atom is 0.264 e. The molecule has 6 nitrogen and oxygen atoms in total. The maximum atomic E-state index is 12.6. The van der Waals surface area contributed by atoms with E-state index >= 15 is 0 Å². The first-order valence-electron chi connectivity index (χ1n) is 8.94. The number of hydrogen-bond donors (Lipinski definition) is 0. The van der Waals surface area contributed by atoms with Crippen molar-refractivity contribution in [2.24, 2.45) is 5.92 Å². The largest absolute Gasteiger partial charge is 0.381 e. The summed E-state index contributed by atoms with van der Waals surface area (Å²) in [5, 5.41) is 6.02. The molecule has 4 rings (SSSR count). The molecular formula is C18H23N3O3S. The minimum atomic E-state index is 0.114. The zero-order chi connectivity index (χ0) is 17.2. The van der Waals surface area contributed by atoms with Crippen LogP contribution in [0.4, 0.5) is 0 Å². The van der Waals surface area contributed by atoms with Gasteiger partial charge in [-0.2, -0.15) is 4.98 Å². The number of carbonyl (C=O) groups is 1. The van der Waals surface area contributed by atoms with Crippen LogP contribution in [0.25, 0.3) is 0 Å². The van der Waals surface area contributed by atoms with Crippen LogP contribution in [0.3, 0.4) is 0 Å². The monoisotopic (exact) mass is 361 g/mol. The number of thiophene rings is 1. The lowest BCUT2D eigenvalue weighted by Gasteiger charge is -2.15. The Hall–Kier alpha value is -1.73. The van der Waals surface area contributed by atoms with Crippen LogP contribution in [0.2, 0.25) is 0 Å². The predicted molar refractivity (Wildman–Crippen MR) is 93.9 cm³/mol. The molecule has 0 N–H and O–H groups in total. The van der Waals surface area contributed by atoms with Gasteiger partial charge in [0.2, 0.25) is 5.89 Å². The quantitative estimate of drug-likeness (QED) is 0.709. The van der Waals surface area contributed by atoms with Gasteiger partial charge in [0.05, 0.1) is 17.4 Å². The van der Waals surface area contributed by atoms with Crippen molar-refractivity contribution in [1.82, 2.24) is 15.0 Å². The topological polar surface area (TPSA) is 68.5 Å². The van der Waals surface area contributed by atoms with Crippen LogP contribution < -0.4 is 0 Å². The first kappa shape index (κ1) is 16.7. The highest BCUT2D eigenvalue weighted by Gasteiger charge is 2.32. The van der Waals surface area contributed by atoms with Gasteiger partial charge in [-0.15, -0.1) is 11.3 Å². The van der Waals surface area contributed by atoms with Crippen molar-refractivity contribution in [3.8, 4) is 0 Å². The summed E-state index contributed by atoms with van der Waals surface area (Å²) < 4.78 is 11.1. The van der Waals surface area contributed by atoms with E-state index in [9.17, 15) is 4.79 Å². The second kappa shape index (κ2) is 7.25. The summed E-state index contributed by atoms with van der Waals surface area (Å²) in [5.41, 5.74) is 1.05. The molecule has 3 heterocycles. The van der Waals surface area contributed by atoms with Crippen LogP contribution in [-0.2, 0) is 11.2 Å². The lowest BCUT2D eigenvalue weighted by atomic mass is 10.1. The number of ether oxygens (including phenoxy) is 1. The van der Waals surface area contributed by atoms with Crippen LogP contribution >= 0.6 is 11.3 Å². The van der Waals surface area contributed by atoms with E-state index in [1.165, 1.54) is 24.2 Å². The second-order valence-electron chi connectivity index (χ2n) is 6.99. The normalized spacial score (nSPS) is 20.4. The molecule has 2 aromatic rings. The Bertz CT molecular complexity index is 738. The van der Waals surface area contributed by atoms with Crippen molar-refractivity contribution in [2.75, 3.05) is 26.3 Å². The van der Waals surface area contributed by atoms with Crippen LogP contribution in [0, 0.1) is 12.8 Å². The summed E-state index contributed by atoms with van der Waals surface area (Å²) >= 11 is 1.51. The van der Waals surface area contributed by atoms with Crippen LogP contribution in [0.15, 0.2) is 16.0 Å². The third kappa shape index (κ3) is 3.93. The summed E-state index contributed by atoms with van der Waals surface area (Å²) in [5.74, 6) is 2.37. The molecule has 2 fully saturated rings. The Kier molecular flexibility index (Phi) is 4.85. The number of likely N-dealkylation sites (tertiary alicyclic amines) is 1. The van der Waals surface area contributed by atoms with E-state index in [4.69, 9.17) is 9.26 Å². The zero-order valence-corrected chi connectivity index (χ0v) is 15.3. The molecule has 7 heteroatoms. The van der Waals surface area contributed by atoms with Crippen molar-refractivity contribution < 1.29 is 14.1 Å². The Morgan fingerprint density at radius 1 is 1.44 bits per heavy atom. The number of hydrogen-bond acceptors (Lipinski definition) is 6. The Morgan fingerprint density at radius 2 is 2.32 bits per heavy atom. The van der Waals surface area contributed by atoms with Crippen LogP contribution in [0.1, 0.15) is 52.1 Å². The number of carbonyl (C=O) groups excluding carboxylic acids is 1. The van der Waals surface area contributed by atoms with Gasteiger partial charge in [-0.05, 0) is 49.1 Å². The molecular weight excluding hydrogens is 338 g/mol. The Morgan fingerprint density at radius 3 is 3.08 bits per heavy atom. The van der Waals surface area contributed by atoms with Gasteiger partial charge in [-0.1, -0.05) is 5.16 Å². The molecule has 25 heavy (non-hydrogen) atoms. The van der Waals surface area contributed by atoms with Gasteiger partial charge < -0.3 is 14.2 Å². The van der Waals surface area contributed by atoms with Gasteiger partial charge >= 0.3 is 0 Å². The predicted octanol–water partition coefficient (Wildman–Crippen LogP) is 3.04. The van der Waals surface area contributed by atoms with Gasteiger partial charge in [0, 0.05) is 26.1 Å². The molecule has 2 aliphatic rings. The standard InChI is InChI=1S/C18H23N3O3S/c1-12-6-9-25-16(12)18(22)21-7-4-14(10-21)17-19-15(20-24-17)5-8-23-11-13-2-3-13/h6,9,13-14H,2-5,7-8,10-11H2,1H3. The van der Waals surface area contributed by atoms with E-state index in [1.54, 1.807) is 0 Å². The molecule has 2 aromatic heterocycles. The minimum absolute atomic E-state index is 0.114. The van der Waals surface area contributed by atoms with Crippen molar-refractivity contribution in [1.29, 1.82) is 0 Å². The molecule has 1 amide bonds. The van der Waals surface area contributed by atoms with Crippen molar-refractivity contribution in [3.05, 3.63) is 33.6 Å². The minimum Gasteiger partial charge on any atom is -0.381 e. The van der Waals surface area contributed by atoms with Crippen molar-refractivity contribution >= 4 is 17.2 Å². The molecule has 1 atom stereocenters. The lowest BCUT2D eigenvalue weighted by molar-refractivity contribution is 0.0793. The van der Waals surface area contributed by atoms with Gasteiger partial charge in [0.1, 0.15) is 0 Å². The van der Waals surface area contributed by atoms with Crippen molar-refractivity contribution in [3.63, 3.8) is 0 Å². The third-order valence-corrected chi connectivity index (χ3v) is 5.89. The maximum absolute atomic E-state index is 12.6. The number of amides is 1. The van der Waals surface area contributed by atoms with E-state index in [2.05, 4.69) is 10.1 Å². The van der Waals surface area contributed by atoms with E-state index in [1.807, 2.05) is 23.3 Å². The number of aryl methyl sites for hydroxylation is 1. The second-order valence-corrected chi connectivity index (χ2v) is 7.90. The highest BCUT2D eigenvalue weighted by atomic mass is 32.1. The van der Waals surface area contributed by atoms with Crippen molar-refractivity contribution in [2.45, 2.75) is 38.5 Å². The molecule has 1 saturated heterocycles. The van der Waals surface area contributed by atoms with E-state index < -0.39 is 0 Å². The molecule has 134 valence electrons. The van der Waals surface area contributed by atoms with E-state index in [0.29, 0.717) is 31.3 Å². The Labute approximate surface area is 151 Å². The van der Waals surface area contributed by atoms with E-state index in [0.717, 1.165) is 35.9 Å². The molecule has 1 aliphatic carbocycles. The zero-order valence-electron chi connectivity index (χ0n) is 14.4. The summed E-state index contributed by atoms with van der Waals surface area (Å²) in [7, 11) is 0. The molecule has 0 spiro atoms. The average molecular weight is 361 g/mol. The molecule has 0 aromatic carbocycles. The van der Waals surface area contributed by atoms with Gasteiger partial charge in [-0.3, -0.25) is 4.79 Å². The lowest BCUT2D eigenvalue weighted by Crippen LogP contribution is -2.28. The molecule has 0 radical (unpaired) electrons. The van der Waals surface area contributed by atoms with Gasteiger partial charge in [-0.25, -0.2) is 0 Å². The SMILES string of the molecule is Cc1ccsc1C(=O)N1CCC(c2nc(CCOCC3CC3)no2)C1. The first-order chi connectivity index (χ1) is 12.2. The molecule has 0 bridgehead atoms. The third-order valence-electron chi connectivity index (χ3n) is 4.89. The number of nitrogens with zero attached hydrogens (tertiary/aromatic N) is 3. The molecule has 1 aliphatic heterocycles. The highest BCUT2D eigenvalue weighted by molar-refractivity contribution is 7.12. The summed E-state index contributed by atoms with van der Waals surface area (Å²) in [6, 6.07) is 1.99.